The zero-order valence-corrected chi connectivity index (χ0v) is 12.3. The standard InChI is InChI=1S/C15H23F3N2/c1-4-7-20(10-15(16,17)18)9-14(19)13-6-5-11(2)12(3)8-13/h5-6,8,14H,4,7,9-10,19H2,1-3H3. The van der Waals surface area contributed by atoms with Crippen LogP contribution < -0.4 is 5.73 Å². The second-order valence-electron chi connectivity index (χ2n) is 5.30. The Morgan fingerprint density at radius 2 is 1.85 bits per heavy atom. The van der Waals surface area contributed by atoms with E-state index in [1.165, 1.54) is 4.90 Å². The van der Waals surface area contributed by atoms with Crippen molar-refractivity contribution in [2.75, 3.05) is 19.6 Å². The van der Waals surface area contributed by atoms with Gasteiger partial charge in [-0.15, -0.1) is 0 Å². The summed E-state index contributed by atoms with van der Waals surface area (Å²) < 4.78 is 37.5. The van der Waals surface area contributed by atoms with Crippen molar-refractivity contribution in [2.45, 2.75) is 39.4 Å². The molecule has 5 heteroatoms. The van der Waals surface area contributed by atoms with Gasteiger partial charge in [0.25, 0.3) is 0 Å². The summed E-state index contributed by atoms with van der Waals surface area (Å²) in [6.45, 7) is 5.56. The van der Waals surface area contributed by atoms with Crippen molar-refractivity contribution in [1.29, 1.82) is 0 Å². The van der Waals surface area contributed by atoms with Gasteiger partial charge in [0.05, 0.1) is 6.54 Å². The lowest BCUT2D eigenvalue weighted by Gasteiger charge is -2.26. The minimum atomic E-state index is -4.18. The SMILES string of the molecule is CCCN(CC(N)c1ccc(C)c(C)c1)CC(F)(F)F. The molecule has 1 unspecified atom stereocenters. The molecule has 1 atom stereocenters. The van der Waals surface area contributed by atoms with E-state index in [0.29, 0.717) is 13.0 Å². The Labute approximate surface area is 118 Å². The molecule has 114 valence electrons. The van der Waals surface area contributed by atoms with Crippen LogP contribution in [-0.4, -0.2) is 30.7 Å². The normalized spacial score (nSPS) is 13.8. The average Bonchev–Trinajstić information content (AvgIpc) is 2.30. The van der Waals surface area contributed by atoms with Crippen LogP contribution in [0, 0.1) is 13.8 Å². The summed E-state index contributed by atoms with van der Waals surface area (Å²) in [6, 6.07) is 5.41. The summed E-state index contributed by atoms with van der Waals surface area (Å²) in [4.78, 5) is 1.37. The summed E-state index contributed by atoms with van der Waals surface area (Å²) in [5.74, 6) is 0. The lowest BCUT2D eigenvalue weighted by Crippen LogP contribution is -2.39. The third-order valence-corrected chi connectivity index (χ3v) is 3.36. The third kappa shape index (κ3) is 5.51. The monoisotopic (exact) mass is 288 g/mol. The maximum Gasteiger partial charge on any atom is 0.401 e. The molecular formula is C15H23F3N2. The van der Waals surface area contributed by atoms with Crippen molar-refractivity contribution < 1.29 is 13.2 Å². The highest BCUT2D eigenvalue weighted by molar-refractivity contribution is 5.31. The van der Waals surface area contributed by atoms with E-state index in [1.54, 1.807) is 0 Å². The van der Waals surface area contributed by atoms with Gasteiger partial charge in [0.15, 0.2) is 0 Å². The highest BCUT2D eigenvalue weighted by atomic mass is 19.4. The van der Waals surface area contributed by atoms with Gasteiger partial charge in [-0.25, -0.2) is 0 Å². The number of nitrogens with two attached hydrogens (primary N) is 1. The first-order valence-corrected chi connectivity index (χ1v) is 6.84. The Bertz CT molecular complexity index is 430. The predicted molar refractivity (Wildman–Crippen MR) is 75.6 cm³/mol. The molecule has 0 aliphatic heterocycles. The summed E-state index contributed by atoms with van der Waals surface area (Å²) in [6.07, 6.45) is -3.51. The van der Waals surface area contributed by atoms with Crippen molar-refractivity contribution in [3.8, 4) is 0 Å². The summed E-state index contributed by atoms with van der Waals surface area (Å²) >= 11 is 0. The first kappa shape index (κ1) is 17.0. The molecule has 0 fully saturated rings. The largest absolute Gasteiger partial charge is 0.401 e. The zero-order chi connectivity index (χ0) is 15.3. The van der Waals surface area contributed by atoms with Crippen LogP contribution in [0.3, 0.4) is 0 Å². The van der Waals surface area contributed by atoms with Gasteiger partial charge in [0, 0.05) is 12.6 Å². The van der Waals surface area contributed by atoms with E-state index < -0.39 is 18.8 Å². The molecule has 0 aromatic heterocycles. The number of alkyl halides is 3. The van der Waals surface area contributed by atoms with Crippen molar-refractivity contribution in [1.82, 2.24) is 4.90 Å². The fourth-order valence-corrected chi connectivity index (χ4v) is 2.18. The van der Waals surface area contributed by atoms with Gasteiger partial charge in [0.2, 0.25) is 0 Å². The molecule has 0 amide bonds. The van der Waals surface area contributed by atoms with Crippen LogP contribution in [0.5, 0.6) is 0 Å². The van der Waals surface area contributed by atoms with Crippen molar-refractivity contribution in [3.63, 3.8) is 0 Å². The molecule has 0 saturated carbocycles. The molecule has 0 heterocycles. The van der Waals surface area contributed by atoms with Gasteiger partial charge in [-0.3, -0.25) is 4.90 Å². The maximum absolute atomic E-state index is 12.5. The minimum Gasteiger partial charge on any atom is -0.323 e. The zero-order valence-electron chi connectivity index (χ0n) is 12.3. The number of halogens is 3. The summed E-state index contributed by atoms with van der Waals surface area (Å²) in [7, 11) is 0. The number of hydrogen-bond donors (Lipinski definition) is 1. The molecule has 0 saturated heterocycles. The fourth-order valence-electron chi connectivity index (χ4n) is 2.18. The molecule has 2 N–H and O–H groups in total. The smallest absolute Gasteiger partial charge is 0.323 e. The molecule has 0 bridgehead atoms. The molecule has 0 aliphatic rings. The Morgan fingerprint density at radius 1 is 1.20 bits per heavy atom. The van der Waals surface area contributed by atoms with E-state index in [-0.39, 0.29) is 6.54 Å². The second-order valence-corrected chi connectivity index (χ2v) is 5.30. The number of aryl methyl sites for hydroxylation is 2. The number of nitrogens with zero attached hydrogens (tertiary/aromatic N) is 1. The first-order valence-electron chi connectivity index (χ1n) is 6.84. The molecule has 0 spiro atoms. The van der Waals surface area contributed by atoms with Crippen LogP contribution in [0.2, 0.25) is 0 Å². The molecule has 1 aromatic rings. The van der Waals surface area contributed by atoms with Crippen molar-refractivity contribution >= 4 is 0 Å². The first-order chi connectivity index (χ1) is 9.23. The average molecular weight is 288 g/mol. The summed E-state index contributed by atoms with van der Waals surface area (Å²) in [5.41, 5.74) is 9.20. The van der Waals surface area contributed by atoms with E-state index in [2.05, 4.69) is 0 Å². The molecule has 1 aromatic carbocycles. The molecule has 1 rings (SSSR count). The van der Waals surface area contributed by atoms with E-state index in [0.717, 1.165) is 16.7 Å². The van der Waals surface area contributed by atoms with Crippen LogP contribution in [0.1, 0.15) is 36.1 Å². The fraction of sp³-hybridized carbons (Fsp3) is 0.600. The number of benzene rings is 1. The molecule has 20 heavy (non-hydrogen) atoms. The van der Waals surface area contributed by atoms with Gasteiger partial charge in [0.1, 0.15) is 0 Å². The number of rotatable bonds is 6. The maximum atomic E-state index is 12.5. The van der Waals surface area contributed by atoms with Gasteiger partial charge in [-0.2, -0.15) is 13.2 Å². The Kier molecular flexibility index (Phi) is 6.02. The van der Waals surface area contributed by atoms with Crippen LogP contribution in [-0.2, 0) is 0 Å². The number of hydrogen-bond acceptors (Lipinski definition) is 2. The van der Waals surface area contributed by atoms with Crippen LogP contribution in [0.25, 0.3) is 0 Å². The highest BCUT2D eigenvalue weighted by Gasteiger charge is 2.31. The molecule has 0 aliphatic carbocycles. The Balaban J connectivity index is 2.74. The quantitative estimate of drug-likeness (QED) is 0.867. The lowest BCUT2D eigenvalue weighted by molar-refractivity contribution is -0.146. The van der Waals surface area contributed by atoms with E-state index >= 15 is 0 Å². The van der Waals surface area contributed by atoms with Gasteiger partial charge < -0.3 is 5.73 Å². The van der Waals surface area contributed by atoms with E-state index in [1.807, 2.05) is 39.0 Å². The van der Waals surface area contributed by atoms with Gasteiger partial charge in [-0.05, 0) is 43.5 Å². The van der Waals surface area contributed by atoms with Crippen LogP contribution in [0.4, 0.5) is 13.2 Å². The molecular weight excluding hydrogens is 265 g/mol. The van der Waals surface area contributed by atoms with Crippen molar-refractivity contribution in [2.24, 2.45) is 5.73 Å². The third-order valence-electron chi connectivity index (χ3n) is 3.36. The Hall–Kier alpha value is -1.07. The van der Waals surface area contributed by atoms with E-state index in [9.17, 15) is 13.2 Å². The highest BCUT2D eigenvalue weighted by Crippen LogP contribution is 2.20. The predicted octanol–water partition coefficient (Wildman–Crippen LogP) is 3.58. The van der Waals surface area contributed by atoms with E-state index in [4.69, 9.17) is 5.73 Å². The Morgan fingerprint density at radius 3 is 2.35 bits per heavy atom. The molecule has 2 nitrogen and oxygen atoms in total. The molecule has 0 radical (unpaired) electrons. The van der Waals surface area contributed by atoms with Gasteiger partial charge >= 0.3 is 6.18 Å². The topological polar surface area (TPSA) is 29.3 Å². The van der Waals surface area contributed by atoms with Crippen LogP contribution in [0.15, 0.2) is 18.2 Å². The van der Waals surface area contributed by atoms with Gasteiger partial charge in [-0.1, -0.05) is 25.1 Å². The summed E-state index contributed by atoms with van der Waals surface area (Å²) in [5, 5.41) is 0. The lowest BCUT2D eigenvalue weighted by atomic mass is 10.0. The van der Waals surface area contributed by atoms with Crippen molar-refractivity contribution in [3.05, 3.63) is 34.9 Å². The minimum absolute atomic E-state index is 0.218. The van der Waals surface area contributed by atoms with Crippen LogP contribution >= 0.6 is 0 Å². The second kappa shape index (κ2) is 7.09.